The molecule has 0 radical (unpaired) electrons. The van der Waals surface area contributed by atoms with Gasteiger partial charge in [0, 0.05) is 12.5 Å². The molecule has 0 bridgehead atoms. The van der Waals surface area contributed by atoms with Crippen LogP contribution in [0.15, 0.2) is 18.3 Å². The van der Waals surface area contributed by atoms with Crippen LogP contribution in [0.1, 0.15) is 5.69 Å². The largest absolute Gasteiger partial charge is 0.397 e. The van der Waals surface area contributed by atoms with Gasteiger partial charge >= 0.3 is 0 Å². The van der Waals surface area contributed by atoms with Crippen molar-refractivity contribution in [2.75, 3.05) is 12.0 Å². The molecule has 0 fully saturated rings. The molecule has 0 amide bonds. The minimum Gasteiger partial charge on any atom is -0.397 e. The van der Waals surface area contributed by atoms with Gasteiger partial charge in [-0.25, -0.2) is 8.42 Å². The number of nitrogen functional groups attached to an aromatic ring is 1. The Morgan fingerprint density at radius 2 is 2.25 bits per heavy atom. The molecule has 1 heterocycles. The van der Waals surface area contributed by atoms with Gasteiger partial charge in [-0.15, -0.1) is 0 Å². The van der Waals surface area contributed by atoms with E-state index in [0.29, 0.717) is 11.4 Å². The SMILES string of the molecule is CS(=O)(=O)Cc1ncccc1N. The first kappa shape index (κ1) is 8.99. The van der Waals surface area contributed by atoms with Gasteiger partial charge in [0.15, 0.2) is 9.84 Å². The highest BCUT2D eigenvalue weighted by molar-refractivity contribution is 7.89. The third-order valence-electron chi connectivity index (χ3n) is 1.32. The van der Waals surface area contributed by atoms with Crippen LogP contribution in [-0.2, 0) is 15.6 Å². The first-order valence-corrected chi connectivity index (χ1v) is 5.42. The van der Waals surface area contributed by atoms with Crippen LogP contribution in [0.2, 0.25) is 0 Å². The lowest BCUT2D eigenvalue weighted by molar-refractivity contribution is 0.600. The molecule has 0 aliphatic heterocycles. The number of nitrogens with zero attached hydrogens (tertiary/aromatic N) is 1. The predicted molar refractivity (Wildman–Crippen MR) is 47.2 cm³/mol. The molecule has 1 aromatic heterocycles. The number of pyridine rings is 1. The van der Waals surface area contributed by atoms with Crippen LogP contribution >= 0.6 is 0 Å². The third kappa shape index (κ3) is 2.50. The fourth-order valence-corrected chi connectivity index (χ4v) is 1.56. The lowest BCUT2D eigenvalue weighted by atomic mass is 10.3. The zero-order valence-corrected chi connectivity index (χ0v) is 7.50. The Labute approximate surface area is 71.3 Å². The summed E-state index contributed by atoms with van der Waals surface area (Å²) in [6.45, 7) is 0. The van der Waals surface area contributed by atoms with E-state index < -0.39 is 9.84 Å². The van der Waals surface area contributed by atoms with Crippen molar-refractivity contribution in [2.45, 2.75) is 5.75 Å². The quantitative estimate of drug-likeness (QED) is 0.716. The highest BCUT2D eigenvalue weighted by Crippen LogP contribution is 2.09. The molecule has 12 heavy (non-hydrogen) atoms. The summed E-state index contributed by atoms with van der Waals surface area (Å²) < 4.78 is 21.7. The molecular weight excluding hydrogens is 176 g/mol. The van der Waals surface area contributed by atoms with Crippen molar-refractivity contribution in [3.63, 3.8) is 0 Å². The maximum atomic E-state index is 10.9. The molecule has 66 valence electrons. The molecule has 0 unspecified atom stereocenters. The van der Waals surface area contributed by atoms with Crippen molar-refractivity contribution < 1.29 is 8.42 Å². The van der Waals surface area contributed by atoms with Gasteiger partial charge in [-0.3, -0.25) is 4.98 Å². The topological polar surface area (TPSA) is 73.0 Å². The van der Waals surface area contributed by atoms with Gasteiger partial charge in [0.1, 0.15) is 0 Å². The predicted octanol–water partition coefficient (Wildman–Crippen LogP) is 0.208. The van der Waals surface area contributed by atoms with Gasteiger partial charge in [0.25, 0.3) is 0 Å². The minimum absolute atomic E-state index is 0.0975. The van der Waals surface area contributed by atoms with Gasteiger partial charge in [-0.05, 0) is 12.1 Å². The lowest BCUT2D eigenvalue weighted by Gasteiger charge is -2.00. The molecule has 0 aliphatic carbocycles. The van der Waals surface area contributed by atoms with Crippen LogP contribution in [0.4, 0.5) is 5.69 Å². The second-order valence-corrected chi connectivity index (χ2v) is 4.75. The van der Waals surface area contributed by atoms with Crippen LogP contribution in [0.3, 0.4) is 0 Å². The van der Waals surface area contributed by atoms with Crippen LogP contribution < -0.4 is 5.73 Å². The first-order valence-electron chi connectivity index (χ1n) is 3.36. The van der Waals surface area contributed by atoms with Crippen LogP contribution in [0, 0.1) is 0 Å². The van der Waals surface area contributed by atoms with Gasteiger partial charge < -0.3 is 5.73 Å². The summed E-state index contributed by atoms with van der Waals surface area (Å²) in [5.41, 5.74) is 6.34. The lowest BCUT2D eigenvalue weighted by Crippen LogP contribution is -2.05. The van der Waals surface area contributed by atoms with E-state index in [2.05, 4.69) is 4.98 Å². The molecule has 0 saturated heterocycles. The number of hydrogen-bond acceptors (Lipinski definition) is 4. The van der Waals surface area contributed by atoms with E-state index in [1.165, 1.54) is 6.20 Å². The second kappa shape index (κ2) is 3.10. The van der Waals surface area contributed by atoms with Crippen LogP contribution in [0.5, 0.6) is 0 Å². The Morgan fingerprint density at radius 3 is 2.75 bits per heavy atom. The van der Waals surface area contributed by atoms with Crippen molar-refractivity contribution in [2.24, 2.45) is 0 Å². The molecular formula is C7H10N2O2S. The Kier molecular flexibility index (Phi) is 2.32. The molecule has 4 nitrogen and oxygen atoms in total. The van der Waals surface area contributed by atoms with E-state index in [0.717, 1.165) is 6.26 Å². The summed E-state index contributed by atoms with van der Waals surface area (Å²) in [5.74, 6) is -0.0975. The molecule has 0 aromatic carbocycles. The summed E-state index contributed by atoms with van der Waals surface area (Å²) in [6, 6.07) is 3.30. The highest BCUT2D eigenvalue weighted by Gasteiger charge is 2.07. The summed E-state index contributed by atoms with van der Waals surface area (Å²) in [6.07, 6.45) is 2.68. The number of rotatable bonds is 2. The van der Waals surface area contributed by atoms with Crippen molar-refractivity contribution in [1.82, 2.24) is 4.98 Å². The molecule has 5 heteroatoms. The fraction of sp³-hybridized carbons (Fsp3) is 0.286. The number of sulfone groups is 1. The molecule has 0 spiro atoms. The average Bonchev–Trinajstić information content (AvgIpc) is 1.91. The van der Waals surface area contributed by atoms with E-state index in [-0.39, 0.29) is 5.75 Å². The minimum atomic E-state index is -3.04. The molecule has 1 rings (SSSR count). The average molecular weight is 186 g/mol. The molecule has 0 aliphatic rings. The fourth-order valence-electron chi connectivity index (χ4n) is 0.819. The van der Waals surface area contributed by atoms with Gasteiger partial charge in [-0.2, -0.15) is 0 Å². The molecule has 2 N–H and O–H groups in total. The third-order valence-corrected chi connectivity index (χ3v) is 2.12. The van der Waals surface area contributed by atoms with Crippen molar-refractivity contribution in [3.8, 4) is 0 Å². The van der Waals surface area contributed by atoms with E-state index in [1.54, 1.807) is 12.1 Å². The van der Waals surface area contributed by atoms with E-state index in [9.17, 15) is 8.42 Å². The van der Waals surface area contributed by atoms with Gasteiger partial charge in [0.2, 0.25) is 0 Å². The summed E-state index contributed by atoms with van der Waals surface area (Å²) in [5, 5.41) is 0. The number of nitrogens with two attached hydrogens (primary N) is 1. The smallest absolute Gasteiger partial charge is 0.153 e. The number of aromatic nitrogens is 1. The van der Waals surface area contributed by atoms with Crippen molar-refractivity contribution in [1.29, 1.82) is 0 Å². The first-order chi connectivity index (χ1) is 5.49. The normalized spacial score (nSPS) is 11.4. The van der Waals surface area contributed by atoms with Gasteiger partial charge in [-0.1, -0.05) is 0 Å². The molecule has 0 atom stereocenters. The highest BCUT2D eigenvalue weighted by atomic mass is 32.2. The van der Waals surface area contributed by atoms with Crippen LogP contribution in [0.25, 0.3) is 0 Å². The maximum Gasteiger partial charge on any atom is 0.153 e. The standard InChI is InChI=1S/C7H10N2O2S/c1-12(10,11)5-7-6(8)3-2-4-9-7/h2-4H,5,8H2,1H3. The monoisotopic (exact) mass is 186 g/mol. The Bertz CT molecular complexity index is 373. The van der Waals surface area contributed by atoms with Crippen molar-refractivity contribution >= 4 is 15.5 Å². The zero-order valence-electron chi connectivity index (χ0n) is 6.69. The number of anilines is 1. The van der Waals surface area contributed by atoms with Crippen LogP contribution in [-0.4, -0.2) is 19.7 Å². The molecule has 0 saturated carbocycles. The summed E-state index contributed by atoms with van der Waals surface area (Å²) in [4.78, 5) is 3.86. The number of hydrogen-bond donors (Lipinski definition) is 1. The Morgan fingerprint density at radius 1 is 1.58 bits per heavy atom. The summed E-state index contributed by atoms with van der Waals surface area (Å²) >= 11 is 0. The summed E-state index contributed by atoms with van der Waals surface area (Å²) in [7, 11) is -3.04. The van der Waals surface area contributed by atoms with Crippen molar-refractivity contribution in [3.05, 3.63) is 24.0 Å². The Balaban J connectivity index is 2.98. The second-order valence-electron chi connectivity index (χ2n) is 2.61. The Hall–Kier alpha value is -1.10. The van der Waals surface area contributed by atoms with Gasteiger partial charge in [0.05, 0.1) is 17.1 Å². The zero-order chi connectivity index (χ0) is 9.19. The maximum absolute atomic E-state index is 10.9. The molecule has 1 aromatic rings. The van der Waals surface area contributed by atoms with E-state index >= 15 is 0 Å². The van der Waals surface area contributed by atoms with E-state index in [4.69, 9.17) is 5.73 Å². The van der Waals surface area contributed by atoms with E-state index in [1.807, 2.05) is 0 Å².